The van der Waals surface area contributed by atoms with Crippen LogP contribution >= 0.6 is 0 Å². The van der Waals surface area contributed by atoms with Crippen molar-refractivity contribution in [2.75, 3.05) is 5.73 Å². The molecule has 2 N–H and O–H groups in total. The minimum atomic E-state index is -0.450. The van der Waals surface area contributed by atoms with Crippen molar-refractivity contribution in [1.82, 2.24) is 0 Å². The standard InChI is InChI=1S/C16H11F2N/c17-13-4-6-16(18)15(9-13)12-2-1-11-8-14(19)5-3-10(11)7-12/h1-9H,19H2. The van der Waals surface area contributed by atoms with Crippen molar-refractivity contribution in [3.8, 4) is 11.1 Å². The van der Waals surface area contributed by atoms with E-state index in [1.54, 1.807) is 12.1 Å². The van der Waals surface area contributed by atoms with Crippen LogP contribution in [0.1, 0.15) is 0 Å². The topological polar surface area (TPSA) is 26.0 Å². The summed E-state index contributed by atoms with van der Waals surface area (Å²) < 4.78 is 26.9. The van der Waals surface area contributed by atoms with Crippen LogP contribution in [0.2, 0.25) is 0 Å². The van der Waals surface area contributed by atoms with E-state index in [1.807, 2.05) is 24.3 Å². The van der Waals surface area contributed by atoms with E-state index in [4.69, 9.17) is 5.73 Å². The highest BCUT2D eigenvalue weighted by atomic mass is 19.1. The Labute approximate surface area is 109 Å². The Balaban J connectivity index is 2.20. The molecule has 0 saturated heterocycles. The lowest BCUT2D eigenvalue weighted by Gasteiger charge is -2.06. The van der Waals surface area contributed by atoms with E-state index in [9.17, 15) is 8.78 Å². The molecule has 3 rings (SSSR count). The molecule has 3 aromatic carbocycles. The number of rotatable bonds is 1. The number of benzene rings is 3. The summed E-state index contributed by atoms with van der Waals surface area (Å²) in [6.45, 7) is 0. The molecule has 0 aliphatic carbocycles. The minimum Gasteiger partial charge on any atom is -0.399 e. The van der Waals surface area contributed by atoms with Crippen LogP contribution in [0, 0.1) is 11.6 Å². The number of fused-ring (bicyclic) bond motifs is 1. The van der Waals surface area contributed by atoms with Crippen molar-refractivity contribution in [3.05, 3.63) is 66.2 Å². The molecule has 0 fully saturated rings. The summed E-state index contributed by atoms with van der Waals surface area (Å²) in [4.78, 5) is 0. The molecule has 19 heavy (non-hydrogen) atoms. The molecule has 94 valence electrons. The monoisotopic (exact) mass is 255 g/mol. The van der Waals surface area contributed by atoms with E-state index in [1.165, 1.54) is 6.07 Å². The molecule has 1 nitrogen and oxygen atoms in total. The van der Waals surface area contributed by atoms with Crippen molar-refractivity contribution in [1.29, 1.82) is 0 Å². The number of hydrogen-bond donors (Lipinski definition) is 1. The van der Waals surface area contributed by atoms with Crippen LogP contribution in [0.15, 0.2) is 54.6 Å². The van der Waals surface area contributed by atoms with E-state index < -0.39 is 11.6 Å². The van der Waals surface area contributed by atoms with E-state index in [-0.39, 0.29) is 5.56 Å². The van der Waals surface area contributed by atoms with Gasteiger partial charge in [-0.1, -0.05) is 18.2 Å². The molecule has 0 aliphatic rings. The van der Waals surface area contributed by atoms with Gasteiger partial charge in [0.1, 0.15) is 11.6 Å². The number of nitrogens with two attached hydrogens (primary N) is 1. The quantitative estimate of drug-likeness (QED) is 0.642. The van der Waals surface area contributed by atoms with Gasteiger partial charge in [-0.3, -0.25) is 0 Å². The molecule has 0 amide bonds. The molecule has 0 aliphatic heterocycles. The molecule has 0 radical (unpaired) electrons. The third kappa shape index (κ3) is 2.15. The molecule has 0 unspecified atom stereocenters. The van der Waals surface area contributed by atoms with Gasteiger partial charge in [0, 0.05) is 11.3 Å². The average molecular weight is 255 g/mol. The van der Waals surface area contributed by atoms with Crippen LogP contribution in [0.3, 0.4) is 0 Å². The summed E-state index contributed by atoms with van der Waals surface area (Å²) in [5.74, 6) is -0.884. The van der Waals surface area contributed by atoms with Gasteiger partial charge in [-0.05, 0) is 52.7 Å². The zero-order chi connectivity index (χ0) is 13.4. The Kier molecular flexibility index (Phi) is 2.67. The molecule has 0 bridgehead atoms. The maximum Gasteiger partial charge on any atom is 0.131 e. The van der Waals surface area contributed by atoms with Gasteiger partial charge in [0.25, 0.3) is 0 Å². The predicted octanol–water partition coefficient (Wildman–Crippen LogP) is 4.37. The van der Waals surface area contributed by atoms with Crippen molar-refractivity contribution < 1.29 is 8.78 Å². The van der Waals surface area contributed by atoms with E-state index >= 15 is 0 Å². The fourth-order valence-electron chi connectivity index (χ4n) is 2.15. The molecule has 0 heterocycles. The van der Waals surface area contributed by atoms with Crippen LogP contribution in [-0.2, 0) is 0 Å². The second-order valence-corrected chi connectivity index (χ2v) is 4.45. The highest BCUT2D eigenvalue weighted by Gasteiger charge is 2.07. The Morgan fingerprint density at radius 2 is 1.47 bits per heavy atom. The average Bonchev–Trinajstić information content (AvgIpc) is 2.41. The zero-order valence-electron chi connectivity index (χ0n) is 10.0. The summed E-state index contributed by atoms with van der Waals surface area (Å²) in [5, 5.41) is 1.91. The summed E-state index contributed by atoms with van der Waals surface area (Å²) in [6.07, 6.45) is 0. The number of nitrogen functional groups attached to an aromatic ring is 1. The van der Waals surface area contributed by atoms with Gasteiger partial charge >= 0.3 is 0 Å². The lowest BCUT2D eigenvalue weighted by Crippen LogP contribution is -1.88. The Morgan fingerprint density at radius 1 is 0.737 bits per heavy atom. The smallest absolute Gasteiger partial charge is 0.131 e. The lowest BCUT2D eigenvalue weighted by molar-refractivity contribution is 0.603. The summed E-state index contributed by atoms with van der Waals surface area (Å²) in [7, 11) is 0. The maximum absolute atomic E-state index is 13.7. The molecule has 3 heteroatoms. The molecule has 0 spiro atoms. The third-order valence-electron chi connectivity index (χ3n) is 3.10. The van der Waals surface area contributed by atoms with Crippen molar-refractivity contribution >= 4 is 16.5 Å². The van der Waals surface area contributed by atoms with Gasteiger partial charge in [-0.15, -0.1) is 0 Å². The molecular weight excluding hydrogens is 244 g/mol. The lowest BCUT2D eigenvalue weighted by atomic mass is 10.0. The normalized spacial score (nSPS) is 10.8. The van der Waals surface area contributed by atoms with Crippen molar-refractivity contribution in [2.24, 2.45) is 0 Å². The van der Waals surface area contributed by atoms with Crippen LogP contribution in [-0.4, -0.2) is 0 Å². The number of halogens is 2. The fraction of sp³-hybridized carbons (Fsp3) is 0. The predicted molar refractivity (Wildman–Crippen MR) is 73.7 cm³/mol. The highest BCUT2D eigenvalue weighted by Crippen LogP contribution is 2.28. The molecule has 0 saturated carbocycles. The van der Waals surface area contributed by atoms with Crippen molar-refractivity contribution in [2.45, 2.75) is 0 Å². The summed E-state index contributed by atoms with van der Waals surface area (Å²) in [6, 6.07) is 14.4. The minimum absolute atomic E-state index is 0.263. The fourth-order valence-corrected chi connectivity index (χ4v) is 2.15. The van der Waals surface area contributed by atoms with E-state index in [0.29, 0.717) is 11.3 Å². The van der Waals surface area contributed by atoms with Gasteiger partial charge in [0.05, 0.1) is 0 Å². The second-order valence-electron chi connectivity index (χ2n) is 4.45. The molecular formula is C16H11F2N. The van der Waals surface area contributed by atoms with Crippen molar-refractivity contribution in [3.63, 3.8) is 0 Å². The first kappa shape index (κ1) is 11.7. The Hall–Kier alpha value is -2.42. The van der Waals surface area contributed by atoms with Crippen LogP contribution in [0.25, 0.3) is 21.9 Å². The summed E-state index contributed by atoms with van der Waals surface area (Å²) in [5.41, 5.74) is 7.30. The van der Waals surface area contributed by atoms with Gasteiger partial charge in [0.2, 0.25) is 0 Å². The van der Waals surface area contributed by atoms with Gasteiger partial charge in [-0.2, -0.15) is 0 Å². The van der Waals surface area contributed by atoms with Crippen LogP contribution < -0.4 is 5.73 Å². The second kappa shape index (κ2) is 4.35. The molecule has 3 aromatic rings. The maximum atomic E-state index is 13.7. The summed E-state index contributed by atoms with van der Waals surface area (Å²) >= 11 is 0. The van der Waals surface area contributed by atoms with Gasteiger partial charge < -0.3 is 5.73 Å². The number of anilines is 1. The van der Waals surface area contributed by atoms with Crippen LogP contribution in [0.5, 0.6) is 0 Å². The first-order valence-corrected chi connectivity index (χ1v) is 5.88. The zero-order valence-corrected chi connectivity index (χ0v) is 10.0. The van der Waals surface area contributed by atoms with Gasteiger partial charge in [0.15, 0.2) is 0 Å². The molecule has 0 aromatic heterocycles. The Morgan fingerprint density at radius 3 is 2.32 bits per heavy atom. The first-order valence-electron chi connectivity index (χ1n) is 5.88. The SMILES string of the molecule is Nc1ccc2cc(-c3cc(F)ccc3F)ccc2c1. The highest BCUT2D eigenvalue weighted by molar-refractivity contribution is 5.89. The number of hydrogen-bond acceptors (Lipinski definition) is 1. The first-order chi connectivity index (χ1) is 9.13. The van der Waals surface area contributed by atoms with E-state index in [2.05, 4.69) is 0 Å². The largest absolute Gasteiger partial charge is 0.399 e. The van der Waals surface area contributed by atoms with E-state index in [0.717, 1.165) is 22.9 Å². The third-order valence-corrected chi connectivity index (χ3v) is 3.10. The van der Waals surface area contributed by atoms with Crippen LogP contribution in [0.4, 0.5) is 14.5 Å². The Bertz CT molecular complexity index is 766. The molecule has 0 atom stereocenters. The van der Waals surface area contributed by atoms with Gasteiger partial charge in [-0.25, -0.2) is 8.78 Å².